The molecule has 1 fully saturated rings. The number of carbonyl (C=O) groups is 3. The molecule has 0 N–H and O–H groups in total. The van der Waals surface area contributed by atoms with Crippen molar-refractivity contribution in [2.24, 2.45) is 0 Å². The van der Waals surface area contributed by atoms with Crippen LogP contribution >= 0.6 is 11.6 Å². The minimum absolute atomic E-state index is 0.100. The number of hydrogen-bond donors (Lipinski definition) is 0. The van der Waals surface area contributed by atoms with E-state index < -0.39 is 5.41 Å². The molecule has 0 bridgehead atoms. The molecule has 0 radical (unpaired) electrons. The first-order chi connectivity index (χ1) is 16.8. The Morgan fingerprint density at radius 1 is 1.20 bits per heavy atom. The first-order valence-electron chi connectivity index (χ1n) is 11.5. The number of halogens is 1. The van der Waals surface area contributed by atoms with E-state index in [1.54, 1.807) is 43.3 Å². The summed E-state index contributed by atoms with van der Waals surface area (Å²) < 4.78 is 7.02. The molecule has 3 heterocycles. The van der Waals surface area contributed by atoms with Crippen LogP contribution in [0.2, 0.25) is 5.02 Å². The van der Waals surface area contributed by atoms with Crippen LogP contribution in [0, 0.1) is 6.92 Å². The van der Waals surface area contributed by atoms with Gasteiger partial charge < -0.3 is 14.0 Å². The van der Waals surface area contributed by atoms with Crippen LogP contribution in [0.1, 0.15) is 36.2 Å². The first-order valence-corrected chi connectivity index (χ1v) is 11.9. The number of carbonyl (C=O) groups excluding carboxylic acids is 3. The molecule has 3 aromatic rings. The lowest BCUT2D eigenvalue weighted by atomic mass is 9.75. The average Bonchev–Trinajstić information content (AvgIpc) is 3.27. The van der Waals surface area contributed by atoms with Crippen LogP contribution in [0.5, 0.6) is 0 Å². The van der Waals surface area contributed by atoms with E-state index in [2.05, 4.69) is 4.98 Å². The maximum absolute atomic E-state index is 13.7. The van der Waals surface area contributed by atoms with Gasteiger partial charge in [0.15, 0.2) is 0 Å². The molecule has 1 aromatic carbocycles. The summed E-state index contributed by atoms with van der Waals surface area (Å²) >= 11 is 6.51. The van der Waals surface area contributed by atoms with Crippen molar-refractivity contribution in [3.63, 3.8) is 0 Å². The number of pyridine rings is 1. The molecular weight excluding hydrogens is 468 g/mol. The second-order valence-electron chi connectivity index (χ2n) is 8.93. The summed E-state index contributed by atoms with van der Waals surface area (Å²) in [7, 11) is 3.27. The van der Waals surface area contributed by atoms with Crippen LogP contribution in [-0.2, 0) is 31.1 Å². The molecule has 184 valence electrons. The summed E-state index contributed by atoms with van der Waals surface area (Å²) in [5.41, 5.74) is 1.67. The normalized spacial score (nSPS) is 18.0. The molecule has 0 unspecified atom stereocenters. The van der Waals surface area contributed by atoms with Crippen molar-refractivity contribution in [3.05, 3.63) is 70.6 Å². The fraction of sp³-hybridized carbons (Fsp3) is 0.385. The van der Waals surface area contributed by atoms with E-state index in [0.717, 1.165) is 17.0 Å². The van der Waals surface area contributed by atoms with Crippen molar-refractivity contribution < 1.29 is 19.1 Å². The molecule has 4 rings (SSSR count). The van der Waals surface area contributed by atoms with Gasteiger partial charge in [0.05, 0.1) is 23.3 Å². The number of aromatic nitrogens is 2. The van der Waals surface area contributed by atoms with Crippen molar-refractivity contribution >= 4 is 35.0 Å². The largest absolute Gasteiger partial charge is 0.385 e. The third-order valence-corrected chi connectivity index (χ3v) is 6.95. The Morgan fingerprint density at radius 2 is 1.94 bits per heavy atom. The topological polar surface area (TPSA) is 84.2 Å². The Balaban J connectivity index is 1.63. The maximum atomic E-state index is 13.7. The highest BCUT2D eigenvalue weighted by Crippen LogP contribution is 2.43. The zero-order valence-corrected chi connectivity index (χ0v) is 20.9. The summed E-state index contributed by atoms with van der Waals surface area (Å²) in [6.07, 6.45) is 2.17. The molecule has 3 amide bonds. The van der Waals surface area contributed by atoms with Crippen LogP contribution in [0.3, 0.4) is 0 Å². The van der Waals surface area contributed by atoms with Crippen LogP contribution in [0.4, 0.5) is 0 Å². The molecule has 0 saturated carbocycles. The van der Waals surface area contributed by atoms with Crippen molar-refractivity contribution in [1.29, 1.82) is 0 Å². The van der Waals surface area contributed by atoms with Crippen LogP contribution in [-0.4, -0.2) is 64.2 Å². The quantitative estimate of drug-likeness (QED) is 0.335. The Bertz CT molecular complexity index is 1270. The van der Waals surface area contributed by atoms with E-state index in [-0.39, 0.29) is 37.1 Å². The minimum atomic E-state index is -1.34. The van der Waals surface area contributed by atoms with Crippen molar-refractivity contribution in [3.8, 4) is 0 Å². The Hall–Kier alpha value is -3.23. The Labute approximate surface area is 209 Å². The highest BCUT2D eigenvalue weighted by Gasteiger charge is 2.54. The number of amides is 3. The summed E-state index contributed by atoms with van der Waals surface area (Å²) in [4.78, 5) is 47.6. The lowest BCUT2D eigenvalue weighted by Gasteiger charge is -2.30. The lowest BCUT2D eigenvalue weighted by molar-refractivity contribution is -0.142. The molecule has 9 heteroatoms. The minimum Gasteiger partial charge on any atom is -0.385 e. The highest BCUT2D eigenvalue weighted by molar-refractivity contribution is 6.32. The monoisotopic (exact) mass is 496 g/mol. The summed E-state index contributed by atoms with van der Waals surface area (Å²) in [5, 5.41) is 0.362. The Kier molecular flexibility index (Phi) is 7.23. The van der Waals surface area contributed by atoms with E-state index >= 15 is 0 Å². The Morgan fingerprint density at radius 3 is 2.69 bits per heavy atom. The second kappa shape index (κ2) is 10.2. The van der Waals surface area contributed by atoms with Gasteiger partial charge in [0.2, 0.25) is 17.7 Å². The van der Waals surface area contributed by atoms with Gasteiger partial charge in [-0.15, -0.1) is 0 Å². The van der Waals surface area contributed by atoms with Crippen molar-refractivity contribution in [2.45, 2.75) is 38.1 Å². The van der Waals surface area contributed by atoms with Gasteiger partial charge in [-0.25, -0.2) is 4.98 Å². The summed E-state index contributed by atoms with van der Waals surface area (Å²) in [5.74, 6) is -0.950. The van der Waals surface area contributed by atoms with Crippen LogP contribution in [0.25, 0.3) is 5.65 Å². The third-order valence-electron chi connectivity index (χ3n) is 6.62. The zero-order valence-electron chi connectivity index (χ0n) is 20.2. The molecule has 1 aliphatic heterocycles. The van der Waals surface area contributed by atoms with E-state index in [9.17, 15) is 14.4 Å². The number of aryl methyl sites for hydroxylation is 1. The van der Waals surface area contributed by atoms with E-state index in [1.165, 1.54) is 4.90 Å². The molecule has 0 spiro atoms. The molecular formula is C26H29ClN4O4. The smallest absolute Gasteiger partial charge is 0.240 e. The van der Waals surface area contributed by atoms with E-state index in [0.29, 0.717) is 30.2 Å². The molecule has 2 aromatic heterocycles. The fourth-order valence-corrected chi connectivity index (χ4v) is 5.06. The average molecular weight is 497 g/mol. The summed E-state index contributed by atoms with van der Waals surface area (Å²) in [6.45, 7) is 2.89. The van der Waals surface area contributed by atoms with E-state index in [1.807, 2.05) is 35.7 Å². The fourth-order valence-electron chi connectivity index (χ4n) is 4.75. The number of ether oxygens (including phenoxy) is 1. The third kappa shape index (κ3) is 4.68. The van der Waals surface area contributed by atoms with Crippen LogP contribution < -0.4 is 0 Å². The predicted molar refractivity (Wildman–Crippen MR) is 132 cm³/mol. The number of likely N-dealkylation sites (tertiary alicyclic amines) is 1. The number of hydrogen-bond acceptors (Lipinski definition) is 5. The van der Waals surface area contributed by atoms with Crippen molar-refractivity contribution in [1.82, 2.24) is 19.2 Å². The van der Waals surface area contributed by atoms with Gasteiger partial charge in [-0.2, -0.15) is 0 Å². The van der Waals surface area contributed by atoms with E-state index in [4.69, 9.17) is 16.3 Å². The highest BCUT2D eigenvalue weighted by atomic mass is 35.5. The van der Waals surface area contributed by atoms with Gasteiger partial charge in [-0.1, -0.05) is 35.9 Å². The van der Waals surface area contributed by atoms with Gasteiger partial charge in [0.25, 0.3) is 0 Å². The number of imide groups is 1. The molecule has 1 atom stereocenters. The number of benzene rings is 1. The molecule has 1 aliphatic rings. The van der Waals surface area contributed by atoms with Gasteiger partial charge in [0, 0.05) is 51.4 Å². The van der Waals surface area contributed by atoms with Crippen molar-refractivity contribution in [2.75, 3.05) is 27.3 Å². The SMILES string of the molecule is COCCCN1C(=O)C[C@@](CC(=O)N(C)Cc2c(C)nc3ccccn23)(c2ccccc2Cl)C1=O. The van der Waals surface area contributed by atoms with Gasteiger partial charge in [0.1, 0.15) is 5.65 Å². The first kappa shape index (κ1) is 24.9. The molecule has 0 aliphatic carbocycles. The predicted octanol–water partition coefficient (Wildman–Crippen LogP) is 3.38. The van der Waals surface area contributed by atoms with Gasteiger partial charge in [-0.3, -0.25) is 19.3 Å². The maximum Gasteiger partial charge on any atom is 0.240 e. The number of methoxy groups -OCH3 is 1. The number of rotatable bonds is 9. The second-order valence-corrected chi connectivity index (χ2v) is 9.34. The molecule has 1 saturated heterocycles. The zero-order chi connectivity index (χ0) is 25.2. The van der Waals surface area contributed by atoms with Crippen LogP contribution in [0.15, 0.2) is 48.7 Å². The van der Waals surface area contributed by atoms with Gasteiger partial charge >= 0.3 is 0 Å². The molecule has 35 heavy (non-hydrogen) atoms. The number of imidazole rings is 1. The standard InChI is InChI=1S/C26H29ClN4O4/c1-18-21(30-12-7-6-11-22(30)28-18)17-29(2)23(32)15-26(19-9-4-5-10-20(19)27)16-24(33)31(25(26)34)13-8-14-35-3/h4-7,9-12H,8,13-17H2,1-3H3/t26-/m0/s1. The molecule has 8 nitrogen and oxygen atoms in total. The lowest BCUT2D eigenvalue weighted by Crippen LogP contribution is -2.43. The van der Waals surface area contributed by atoms with Gasteiger partial charge in [-0.05, 0) is 37.1 Å². The number of nitrogens with zero attached hydrogens (tertiary/aromatic N) is 4. The summed E-state index contributed by atoms with van der Waals surface area (Å²) in [6, 6.07) is 12.7. The number of fused-ring (bicyclic) bond motifs is 1.